The lowest BCUT2D eigenvalue weighted by Crippen LogP contribution is -2.30. The van der Waals surface area contributed by atoms with Crippen LogP contribution in [0, 0.1) is 0 Å². The van der Waals surface area contributed by atoms with Crippen LogP contribution in [0.25, 0.3) is 33.8 Å². The molecule has 14 nitrogen and oxygen atoms in total. The topological polar surface area (TPSA) is 150 Å². The molecule has 14 heteroatoms. The van der Waals surface area contributed by atoms with Crippen LogP contribution in [-0.2, 0) is 17.6 Å². The zero-order valence-corrected chi connectivity index (χ0v) is 42.0. The molecule has 0 unspecified atom stereocenters. The first-order valence-corrected chi connectivity index (χ1v) is 24.8. The molecule has 2 aliphatic rings. The lowest BCUT2D eigenvalue weighted by atomic mass is 10.1. The molecule has 8 aromatic rings. The molecule has 2 fully saturated rings. The molecular formula is C57H70N10O4. The summed E-state index contributed by atoms with van der Waals surface area (Å²) in [7, 11) is 3.04. The van der Waals surface area contributed by atoms with Gasteiger partial charge in [0.25, 0.3) is 0 Å². The van der Waals surface area contributed by atoms with Crippen LogP contribution in [0.3, 0.4) is 0 Å². The van der Waals surface area contributed by atoms with Crippen molar-refractivity contribution in [3.63, 3.8) is 0 Å². The van der Waals surface area contributed by atoms with Crippen molar-refractivity contribution in [2.75, 3.05) is 66.6 Å². The number of carbonyl (C=O) groups is 1. The van der Waals surface area contributed by atoms with Crippen LogP contribution in [0.15, 0.2) is 146 Å². The van der Waals surface area contributed by atoms with Crippen molar-refractivity contribution in [1.82, 2.24) is 44.3 Å². The van der Waals surface area contributed by atoms with E-state index < -0.39 is 0 Å². The maximum absolute atomic E-state index is 10.5. The van der Waals surface area contributed by atoms with Gasteiger partial charge in [-0.3, -0.25) is 9.80 Å². The predicted octanol–water partition coefficient (Wildman–Crippen LogP) is 9.64. The molecule has 372 valence electrons. The van der Waals surface area contributed by atoms with Crippen molar-refractivity contribution in [1.29, 1.82) is 0 Å². The van der Waals surface area contributed by atoms with Gasteiger partial charge in [-0.15, -0.1) is 0 Å². The molecule has 0 bridgehead atoms. The van der Waals surface area contributed by atoms with E-state index >= 15 is 0 Å². The number of alkyl carbamates (subject to hydrolysis) is 1. The number of benzene rings is 4. The van der Waals surface area contributed by atoms with Crippen molar-refractivity contribution in [2.45, 2.75) is 64.9 Å². The second-order valence-corrected chi connectivity index (χ2v) is 18.3. The number of likely N-dealkylation sites (tertiary alicyclic amines) is 2. The summed E-state index contributed by atoms with van der Waals surface area (Å²) in [5.74, 6) is 3.49. The molecule has 0 aliphatic carbocycles. The summed E-state index contributed by atoms with van der Waals surface area (Å²) < 4.78 is 20.5. The Morgan fingerprint density at radius 3 is 1.30 bits per heavy atom. The zero-order valence-electron chi connectivity index (χ0n) is 42.0. The fraction of sp³-hybridized carbons (Fsp3) is 0.351. The lowest BCUT2D eigenvalue weighted by Gasteiger charge is -2.18. The number of fused-ring (bicyclic) bond motifs is 2. The molecule has 0 atom stereocenters. The summed E-state index contributed by atoms with van der Waals surface area (Å²) >= 11 is 0. The molecule has 4 aromatic carbocycles. The second kappa shape index (κ2) is 26.2. The summed E-state index contributed by atoms with van der Waals surface area (Å²) in [6.45, 7) is 13.8. The minimum absolute atomic E-state index is 0.387. The van der Waals surface area contributed by atoms with Crippen LogP contribution < -0.4 is 20.5 Å². The number of hydrogen-bond acceptors (Lipinski definition) is 11. The average Bonchev–Trinajstić information content (AvgIpc) is 4.25. The molecule has 0 spiro atoms. The van der Waals surface area contributed by atoms with E-state index in [9.17, 15) is 4.79 Å². The number of nitrogens with one attached hydrogen (secondary N) is 1. The number of aromatic nitrogens is 6. The van der Waals surface area contributed by atoms with Crippen molar-refractivity contribution < 1.29 is 19.0 Å². The third-order valence-electron chi connectivity index (χ3n) is 11.9. The van der Waals surface area contributed by atoms with Crippen LogP contribution in [0.4, 0.5) is 4.79 Å². The van der Waals surface area contributed by atoms with E-state index in [4.69, 9.17) is 34.4 Å². The Bertz CT molecular complexity index is 2630. The summed E-state index contributed by atoms with van der Waals surface area (Å²) in [5.41, 5.74) is 12.6. The number of nitrogens with two attached hydrogens (primary N) is 1. The molecule has 0 radical (unpaired) electrons. The van der Waals surface area contributed by atoms with Crippen LogP contribution >= 0.6 is 0 Å². The SMILES string of the molecule is CN.CNC(=O)OC(C)(C)C.c1ccc(-c2cccc3nc(Cc4ccc(OCCN5CCCC5)cc4)nn23)cc1.c1ccc(-c2cccc3nc(Cc4ccc(OCCN5CCCC5)cc4)nn23)cc1. The highest BCUT2D eigenvalue weighted by molar-refractivity contribution is 5.67. The monoisotopic (exact) mass is 959 g/mol. The number of hydrogen-bond donors (Lipinski definition) is 2. The standard InChI is InChI=1S/2C25H26N4O.C6H13NO2.CH5N/c2*1-2-7-21(8-3-1)23-9-6-10-25-26-24(27-29(23)25)19-20-11-13-22(14-12-20)30-18-17-28-15-4-5-16-28;1-6(2,3)9-5(8)7-4;1-2/h2*1-3,6-14H,4-5,15-19H2;1-4H3,(H,7,8);2H2,1H3. The molecule has 1 amide bonds. The van der Waals surface area contributed by atoms with Gasteiger partial charge in [0.15, 0.2) is 22.9 Å². The first-order valence-electron chi connectivity index (χ1n) is 24.8. The molecule has 2 aliphatic heterocycles. The summed E-state index contributed by atoms with van der Waals surface area (Å²) in [5, 5.41) is 11.9. The molecule has 0 saturated carbocycles. The molecule has 71 heavy (non-hydrogen) atoms. The molecule has 3 N–H and O–H groups in total. The third kappa shape index (κ3) is 15.7. The Kier molecular flexibility index (Phi) is 19.1. The minimum Gasteiger partial charge on any atom is -0.492 e. The first kappa shape index (κ1) is 51.7. The van der Waals surface area contributed by atoms with E-state index in [1.807, 2.05) is 115 Å². The van der Waals surface area contributed by atoms with Crippen LogP contribution in [0.5, 0.6) is 11.5 Å². The highest BCUT2D eigenvalue weighted by atomic mass is 16.6. The van der Waals surface area contributed by atoms with Gasteiger partial charge in [-0.05, 0) is 139 Å². The zero-order chi connectivity index (χ0) is 49.8. The maximum atomic E-state index is 10.5. The van der Waals surface area contributed by atoms with E-state index in [2.05, 4.69) is 81.5 Å². The number of amides is 1. The molecule has 10 rings (SSSR count). The minimum atomic E-state index is -0.389. The van der Waals surface area contributed by atoms with Crippen molar-refractivity contribution >= 4 is 17.4 Å². The fourth-order valence-corrected chi connectivity index (χ4v) is 8.40. The van der Waals surface area contributed by atoms with E-state index in [1.54, 1.807) is 0 Å². The smallest absolute Gasteiger partial charge is 0.407 e. The number of carbonyl (C=O) groups excluding carboxylic acids is 1. The Balaban J connectivity index is 0.000000173. The van der Waals surface area contributed by atoms with Crippen molar-refractivity contribution in [2.24, 2.45) is 5.73 Å². The normalized spacial score (nSPS) is 13.6. The van der Waals surface area contributed by atoms with Crippen LogP contribution in [0.1, 0.15) is 69.2 Å². The Labute approximate surface area is 418 Å². The van der Waals surface area contributed by atoms with Gasteiger partial charge in [0.2, 0.25) is 0 Å². The van der Waals surface area contributed by atoms with Crippen LogP contribution in [-0.4, -0.2) is 117 Å². The van der Waals surface area contributed by atoms with Gasteiger partial charge < -0.3 is 25.3 Å². The van der Waals surface area contributed by atoms with E-state index in [-0.39, 0.29) is 11.7 Å². The Morgan fingerprint density at radius 1 is 0.549 bits per heavy atom. The van der Waals surface area contributed by atoms with Gasteiger partial charge in [-0.2, -0.15) is 10.2 Å². The van der Waals surface area contributed by atoms with Gasteiger partial charge in [0.05, 0.1) is 11.4 Å². The molecule has 4 aromatic heterocycles. The lowest BCUT2D eigenvalue weighted by molar-refractivity contribution is 0.0541. The number of ether oxygens (including phenoxy) is 3. The Morgan fingerprint density at radius 2 is 0.944 bits per heavy atom. The van der Waals surface area contributed by atoms with E-state index in [0.717, 1.165) is 83.3 Å². The second-order valence-electron chi connectivity index (χ2n) is 18.3. The number of nitrogens with zero attached hydrogens (tertiary/aromatic N) is 8. The largest absolute Gasteiger partial charge is 0.492 e. The summed E-state index contributed by atoms with van der Waals surface area (Å²) in [4.78, 5) is 24.9. The quantitative estimate of drug-likeness (QED) is 0.107. The highest BCUT2D eigenvalue weighted by Crippen LogP contribution is 2.23. The molecular weight excluding hydrogens is 889 g/mol. The van der Waals surface area contributed by atoms with Crippen molar-refractivity contribution in [3.8, 4) is 34.0 Å². The van der Waals surface area contributed by atoms with Gasteiger partial charge in [-0.25, -0.2) is 23.8 Å². The summed E-state index contributed by atoms with van der Waals surface area (Å²) in [6.07, 6.45) is 6.28. The molecule has 6 heterocycles. The van der Waals surface area contributed by atoms with Gasteiger partial charge >= 0.3 is 6.09 Å². The highest BCUT2D eigenvalue weighted by Gasteiger charge is 2.16. The third-order valence-corrected chi connectivity index (χ3v) is 11.9. The first-order chi connectivity index (χ1) is 34.7. The van der Waals surface area contributed by atoms with Gasteiger partial charge in [0, 0.05) is 44.1 Å². The summed E-state index contributed by atoms with van der Waals surface area (Å²) in [6, 6.07) is 49.4. The van der Waals surface area contributed by atoms with Crippen LogP contribution in [0.2, 0.25) is 0 Å². The van der Waals surface area contributed by atoms with Crippen molar-refractivity contribution in [3.05, 3.63) is 168 Å². The maximum Gasteiger partial charge on any atom is 0.407 e. The number of pyridine rings is 2. The van der Waals surface area contributed by atoms with E-state index in [1.165, 1.54) is 77.1 Å². The fourth-order valence-electron chi connectivity index (χ4n) is 8.40. The molecule has 2 saturated heterocycles. The number of rotatable bonds is 14. The van der Waals surface area contributed by atoms with Gasteiger partial charge in [-0.1, -0.05) is 97.1 Å². The van der Waals surface area contributed by atoms with E-state index in [0.29, 0.717) is 12.8 Å². The Hall–Kier alpha value is -7.13. The average molecular weight is 959 g/mol. The van der Waals surface area contributed by atoms with Gasteiger partial charge in [0.1, 0.15) is 30.3 Å². The predicted molar refractivity (Wildman–Crippen MR) is 283 cm³/mol.